The van der Waals surface area contributed by atoms with Crippen LogP contribution in [0.2, 0.25) is 5.02 Å². The van der Waals surface area contributed by atoms with E-state index in [0.717, 1.165) is 17.7 Å². The van der Waals surface area contributed by atoms with Crippen LogP contribution in [0.5, 0.6) is 5.75 Å². The number of amides is 1. The molecule has 0 saturated heterocycles. The second kappa shape index (κ2) is 6.01. The zero-order chi connectivity index (χ0) is 15.7. The summed E-state index contributed by atoms with van der Waals surface area (Å²) in [6.07, 6.45) is 0.882. The maximum atomic E-state index is 12.5. The van der Waals surface area contributed by atoms with Crippen molar-refractivity contribution in [3.8, 4) is 5.75 Å². The van der Waals surface area contributed by atoms with E-state index in [1.165, 1.54) is 5.56 Å². The Balaban J connectivity index is 1.74. The molecule has 0 bridgehead atoms. The lowest BCUT2D eigenvalue weighted by atomic mass is 10.1. The van der Waals surface area contributed by atoms with Crippen molar-refractivity contribution >= 4 is 23.2 Å². The largest absolute Gasteiger partial charge is 0.482 e. The van der Waals surface area contributed by atoms with E-state index in [0.29, 0.717) is 10.8 Å². The normalized spacial score (nSPS) is 16.5. The van der Waals surface area contributed by atoms with Gasteiger partial charge in [0.15, 0.2) is 6.61 Å². The van der Waals surface area contributed by atoms with Crippen LogP contribution in [0.25, 0.3) is 0 Å². The first-order valence-electron chi connectivity index (χ1n) is 7.35. The van der Waals surface area contributed by atoms with Crippen LogP contribution >= 0.6 is 11.6 Å². The van der Waals surface area contributed by atoms with Gasteiger partial charge in [0, 0.05) is 11.7 Å². The van der Waals surface area contributed by atoms with Gasteiger partial charge in [0.1, 0.15) is 5.75 Å². The minimum Gasteiger partial charge on any atom is -0.482 e. The van der Waals surface area contributed by atoms with Gasteiger partial charge in [-0.05, 0) is 49.6 Å². The first-order chi connectivity index (χ1) is 10.6. The van der Waals surface area contributed by atoms with Crippen molar-refractivity contribution in [3.63, 3.8) is 0 Å². The fourth-order valence-corrected chi connectivity index (χ4v) is 3.05. The van der Waals surface area contributed by atoms with Gasteiger partial charge in [-0.1, -0.05) is 35.9 Å². The van der Waals surface area contributed by atoms with Gasteiger partial charge in [0.2, 0.25) is 0 Å². The highest BCUT2D eigenvalue weighted by molar-refractivity contribution is 6.32. The predicted molar refractivity (Wildman–Crippen MR) is 88.8 cm³/mol. The van der Waals surface area contributed by atoms with Crippen LogP contribution in [-0.2, 0) is 11.2 Å². The average molecular weight is 316 g/mol. The molecule has 1 aliphatic rings. The molecule has 4 heteroatoms. The number of anilines is 1. The molecule has 0 aliphatic carbocycles. The molecule has 0 aromatic heterocycles. The summed E-state index contributed by atoms with van der Waals surface area (Å²) < 4.78 is 5.63. The number of nitrogens with zero attached hydrogens (tertiary/aromatic N) is 1. The molecule has 2 aromatic carbocycles. The first kappa shape index (κ1) is 14.9. The van der Waals surface area contributed by atoms with Gasteiger partial charge in [0.05, 0.1) is 5.02 Å². The number of ether oxygens (including phenoxy) is 1. The Kier molecular flexibility index (Phi) is 4.08. The van der Waals surface area contributed by atoms with Crippen molar-refractivity contribution in [2.45, 2.75) is 26.3 Å². The number of carbonyl (C=O) groups is 1. The Bertz CT molecular complexity index is 714. The second-order valence-corrected chi connectivity index (χ2v) is 6.08. The van der Waals surface area contributed by atoms with E-state index < -0.39 is 0 Å². The molecule has 0 radical (unpaired) electrons. The van der Waals surface area contributed by atoms with Crippen molar-refractivity contribution in [2.75, 3.05) is 11.5 Å². The fraction of sp³-hybridized carbons (Fsp3) is 0.278. The Hall–Kier alpha value is -2.00. The zero-order valence-corrected chi connectivity index (χ0v) is 13.4. The maximum absolute atomic E-state index is 12.5. The minimum atomic E-state index is -0.0463. The molecule has 0 fully saturated rings. The third kappa shape index (κ3) is 2.81. The quantitative estimate of drug-likeness (QED) is 0.856. The Morgan fingerprint density at radius 1 is 1.32 bits per heavy atom. The van der Waals surface area contributed by atoms with Crippen LogP contribution < -0.4 is 9.64 Å². The number of hydrogen-bond acceptors (Lipinski definition) is 2. The number of para-hydroxylation sites is 1. The zero-order valence-electron chi connectivity index (χ0n) is 12.7. The molecule has 22 heavy (non-hydrogen) atoms. The first-order valence-corrected chi connectivity index (χ1v) is 7.73. The van der Waals surface area contributed by atoms with Crippen LogP contribution in [0.4, 0.5) is 5.69 Å². The standard InChI is InChI=1S/C18H18ClNO2/c1-12-7-8-15(19)17(9-12)22-11-18(21)20-13(2)10-14-5-3-4-6-16(14)20/h3-9,13H,10-11H2,1-2H3/t13-/m0/s1. The van der Waals surface area contributed by atoms with Gasteiger partial charge < -0.3 is 9.64 Å². The van der Waals surface area contributed by atoms with E-state index in [2.05, 4.69) is 13.0 Å². The van der Waals surface area contributed by atoms with Crippen LogP contribution in [-0.4, -0.2) is 18.6 Å². The van der Waals surface area contributed by atoms with E-state index >= 15 is 0 Å². The van der Waals surface area contributed by atoms with Crippen molar-refractivity contribution in [1.29, 1.82) is 0 Å². The SMILES string of the molecule is Cc1ccc(Cl)c(OCC(=O)N2c3ccccc3C[C@@H]2C)c1. The third-order valence-electron chi connectivity index (χ3n) is 3.91. The van der Waals surface area contributed by atoms with Gasteiger partial charge in [-0.15, -0.1) is 0 Å². The summed E-state index contributed by atoms with van der Waals surface area (Å²) in [5, 5.41) is 0.522. The average Bonchev–Trinajstić information content (AvgIpc) is 2.83. The molecule has 0 saturated carbocycles. The molecular weight excluding hydrogens is 298 g/mol. The van der Waals surface area contributed by atoms with Crippen molar-refractivity contribution in [3.05, 3.63) is 58.6 Å². The molecule has 114 valence electrons. The van der Waals surface area contributed by atoms with Gasteiger partial charge in [-0.25, -0.2) is 0 Å². The van der Waals surface area contributed by atoms with Gasteiger partial charge >= 0.3 is 0 Å². The molecule has 1 amide bonds. The molecule has 1 heterocycles. The second-order valence-electron chi connectivity index (χ2n) is 5.67. The Morgan fingerprint density at radius 2 is 2.09 bits per heavy atom. The van der Waals surface area contributed by atoms with E-state index in [4.69, 9.17) is 16.3 Å². The third-order valence-corrected chi connectivity index (χ3v) is 4.23. The van der Waals surface area contributed by atoms with E-state index in [1.807, 2.05) is 42.2 Å². The highest BCUT2D eigenvalue weighted by Crippen LogP contribution is 2.32. The number of rotatable bonds is 3. The van der Waals surface area contributed by atoms with Crippen molar-refractivity contribution in [2.24, 2.45) is 0 Å². The number of fused-ring (bicyclic) bond motifs is 1. The van der Waals surface area contributed by atoms with E-state index in [9.17, 15) is 4.79 Å². The highest BCUT2D eigenvalue weighted by Gasteiger charge is 2.30. The summed E-state index contributed by atoms with van der Waals surface area (Å²) in [5.74, 6) is 0.505. The molecule has 0 unspecified atom stereocenters. The number of aryl methyl sites for hydroxylation is 1. The van der Waals surface area contributed by atoms with Gasteiger partial charge in [0.25, 0.3) is 5.91 Å². The molecule has 0 spiro atoms. The number of benzene rings is 2. The topological polar surface area (TPSA) is 29.5 Å². The summed E-state index contributed by atoms with van der Waals surface area (Å²) in [5.41, 5.74) is 3.24. The molecule has 0 N–H and O–H groups in total. The molecular formula is C18H18ClNO2. The number of hydrogen-bond donors (Lipinski definition) is 0. The van der Waals surface area contributed by atoms with Crippen LogP contribution in [0, 0.1) is 6.92 Å². The number of halogens is 1. The molecule has 2 aromatic rings. The minimum absolute atomic E-state index is 0.0121. The molecule has 1 atom stereocenters. The van der Waals surface area contributed by atoms with E-state index in [1.54, 1.807) is 6.07 Å². The monoisotopic (exact) mass is 315 g/mol. The lowest BCUT2D eigenvalue weighted by molar-refractivity contribution is -0.120. The lowest BCUT2D eigenvalue weighted by Crippen LogP contribution is -2.39. The summed E-state index contributed by atoms with van der Waals surface area (Å²) in [4.78, 5) is 14.4. The maximum Gasteiger partial charge on any atom is 0.265 e. The Morgan fingerprint density at radius 3 is 2.91 bits per heavy atom. The fourth-order valence-electron chi connectivity index (χ4n) is 2.88. The Labute approximate surface area is 135 Å². The lowest BCUT2D eigenvalue weighted by Gasteiger charge is -2.23. The smallest absolute Gasteiger partial charge is 0.265 e. The van der Waals surface area contributed by atoms with Crippen LogP contribution in [0.1, 0.15) is 18.1 Å². The van der Waals surface area contributed by atoms with Crippen molar-refractivity contribution < 1.29 is 9.53 Å². The summed E-state index contributed by atoms with van der Waals surface area (Å²) in [6.45, 7) is 4.00. The summed E-state index contributed by atoms with van der Waals surface area (Å²) in [7, 11) is 0. The number of carbonyl (C=O) groups excluding carboxylic acids is 1. The summed E-state index contributed by atoms with van der Waals surface area (Å²) >= 11 is 6.10. The van der Waals surface area contributed by atoms with Crippen LogP contribution in [0.15, 0.2) is 42.5 Å². The van der Waals surface area contributed by atoms with E-state index in [-0.39, 0.29) is 18.6 Å². The van der Waals surface area contributed by atoms with Gasteiger partial charge in [-0.3, -0.25) is 4.79 Å². The highest BCUT2D eigenvalue weighted by atomic mass is 35.5. The molecule has 3 rings (SSSR count). The van der Waals surface area contributed by atoms with Gasteiger partial charge in [-0.2, -0.15) is 0 Å². The summed E-state index contributed by atoms with van der Waals surface area (Å²) in [6, 6.07) is 13.7. The van der Waals surface area contributed by atoms with Crippen LogP contribution in [0.3, 0.4) is 0 Å². The molecule has 3 nitrogen and oxygen atoms in total. The predicted octanol–water partition coefficient (Wildman–Crippen LogP) is 4.01. The van der Waals surface area contributed by atoms with Crippen molar-refractivity contribution in [1.82, 2.24) is 0 Å². The molecule has 1 aliphatic heterocycles.